The van der Waals surface area contributed by atoms with Crippen LogP contribution >= 0.6 is 11.5 Å². The number of benzene rings is 3. The van der Waals surface area contributed by atoms with Crippen LogP contribution in [-0.2, 0) is 16.6 Å². The number of sulfonamides is 1. The van der Waals surface area contributed by atoms with Crippen LogP contribution in [0.4, 0.5) is 19.7 Å². The predicted molar refractivity (Wildman–Crippen MR) is 161 cm³/mol. The molecule has 0 unspecified atom stereocenters. The molecule has 0 radical (unpaired) electrons. The van der Waals surface area contributed by atoms with Crippen LogP contribution in [0.1, 0.15) is 5.56 Å². The maximum absolute atomic E-state index is 15.6. The third kappa shape index (κ3) is 5.67. The monoisotopic (exact) mass is 652 g/mol. The third-order valence-electron chi connectivity index (χ3n) is 6.71. The molecule has 0 spiro atoms. The molecule has 45 heavy (non-hydrogen) atoms. The van der Waals surface area contributed by atoms with Gasteiger partial charge in [-0.05, 0) is 42.0 Å². The number of aromatic nitrogens is 4. The Balaban J connectivity index is 1.35. The fourth-order valence-corrected chi connectivity index (χ4v) is 6.69. The molecule has 16 heteroatoms. The van der Waals surface area contributed by atoms with Crippen molar-refractivity contribution in [3.8, 4) is 34.3 Å². The summed E-state index contributed by atoms with van der Waals surface area (Å²) in [6.07, 6.45) is 2.56. The Morgan fingerprint density at radius 3 is 2.58 bits per heavy atom. The lowest BCUT2D eigenvalue weighted by Gasteiger charge is -2.23. The minimum atomic E-state index is -4.73. The van der Waals surface area contributed by atoms with Gasteiger partial charge in [0.1, 0.15) is 28.5 Å². The van der Waals surface area contributed by atoms with E-state index in [1.54, 1.807) is 48.5 Å². The second-order valence-corrected chi connectivity index (χ2v) is 12.0. The van der Waals surface area contributed by atoms with E-state index < -0.39 is 32.3 Å². The molecule has 0 aliphatic carbocycles. The number of hydrogen-bond donors (Lipinski definition) is 1. The van der Waals surface area contributed by atoms with Crippen LogP contribution in [0.5, 0.6) is 23.1 Å². The van der Waals surface area contributed by atoms with Gasteiger partial charge in [-0.3, -0.25) is 0 Å². The highest BCUT2D eigenvalue weighted by molar-refractivity contribution is 7.93. The van der Waals surface area contributed by atoms with Crippen molar-refractivity contribution in [2.24, 2.45) is 0 Å². The fraction of sp³-hybridized carbons (Fsp3) is 0.103. The number of hydrogen-bond acceptors (Lipinski definition) is 12. The summed E-state index contributed by atoms with van der Waals surface area (Å²) in [7, 11) is -1.85. The Morgan fingerprint density at radius 2 is 1.82 bits per heavy atom. The average Bonchev–Trinajstić information content (AvgIpc) is 3.71. The van der Waals surface area contributed by atoms with Crippen molar-refractivity contribution >= 4 is 43.5 Å². The van der Waals surface area contributed by atoms with Gasteiger partial charge in [0.05, 0.1) is 26.2 Å². The summed E-state index contributed by atoms with van der Waals surface area (Å²) in [6.45, 7) is -0.331. The molecular weight excluding hydrogens is 630 g/mol. The van der Waals surface area contributed by atoms with E-state index in [0.29, 0.717) is 51.3 Å². The number of ether oxygens (including phenoxy) is 3. The number of nitrogens with zero attached hydrogens (tertiary/aromatic N) is 5. The number of anilines is 2. The quantitative estimate of drug-likeness (QED) is 0.191. The third-order valence-corrected chi connectivity index (χ3v) is 9.27. The van der Waals surface area contributed by atoms with E-state index >= 15 is 8.78 Å². The Morgan fingerprint density at radius 1 is 0.978 bits per heavy atom. The van der Waals surface area contributed by atoms with Crippen molar-refractivity contribution in [1.29, 1.82) is 0 Å². The Bertz CT molecular complexity index is 2130. The van der Waals surface area contributed by atoms with Crippen LogP contribution in [0.15, 0.2) is 82.6 Å². The minimum Gasteiger partial charge on any atom is -0.497 e. The van der Waals surface area contributed by atoms with E-state index in [1.807, 2.05) is 0 Å². The number of fused-ring (bicyclic) bond motifs is 1. The zero-order valence-corrected chi connectivity index (χ0v) is 25.1. The average molecular weight is 653 g/mol. The molecule has 0 bridgehead atoms. The molecule has 3 aromatic heterocycles. The number of pyridine rings is 1. The van der Waals surface area contributed by atoms with Gasteiger partial charge in [-0.15, -0.1) is 0 Å². The van der Waals surface area contributed by atoms with Crippen LogP contribution in [0, 0.1) is 11.6 Å². The van der Waals surface area contributed by atoms with Gasteiger partial charge >= 0.3 is 0 Å². The molecule has 3 aromatic carbocycles. The van der Waals surface area contributed by atoms with Gasteiger partial charge in [0.2, 0.25) is 11.0 Å². The number of methoxy groups -OCH3 is 2. The highest BCUT2D eigenvalue weighted by Gasteiger charge is 2.33. The molecule has 6 aromatic rings. The van der Waals surface area contributed by atoms with E-state index in [-0.39, 0.29) is 23.4 Å². The Labute approximate surface area is 258 Å². The predicted octanol–water partition coefficient (Wildman–Crippen LogP) is 5.81. The van der Waals surface area contributed by atoms with Crippen molar-refractivity contribution < 1.29 is 35.9 Å². The first-order valence-electron chi connectivity index (χ1n) is 13.0. The number of nitrogens with two attached hydrogens (primary N) is 1. The van der Waals surface area contributed by atoms with Gasteiger partial charge in [0, 0.05) is 47.1 Å². The topological polar surface area (TPSA) is 156 Å². The molecule has 0 saturated heterocycles. The molecule has 0 aliphatic heterocycles. The van der Waals surface area contributed by atoms with E-state index in [0.717, 1.165) is 22.2 Å². The van der Waals surface area contributed by atoms with Crippen molar-refractivity contribution in [1.82, 2.24) is 19.5 Å². The van der Waals surface area contributed by atoms with Gasteiger partial charge < -0.3 is 24.5 Å². The van der Waals surface area contributed by atoms with Crippen LogP contribution < -0.4 is 24.2 Å². The first-order valence-corrected chi connectivity index (χ1v) is 15.2. The molecule has 0 fully saturated rings. The number of halogens is 2. The maximum Gasteiger partial charge on any atom is 0.269 e. The molecule has 0 saturated carbocycles. The number of rotatable bonds is 10. The molecule has 230 valence electrons. The standard InChI is InChI=1S/C29H22F2N6O6S2/c1-40-18-7-5-17(24(11-18)41-2)14-37(29-34-15-35-44-29)45(38,39)26-13-21(30)25(12-22(26)31)42-28-19(4-3-9-33-28)16-6-8-23-20(10-16)27(32)36-43-23/h3-13,15H,14H2,1-2H3,(H2,32,36). The molecular formula is C29H22F2N6O6S2. The fourth-order valence-electron chi connectivity index (χ4n) is 4.50. The van der Waals surface area contributed by atoms with Gasteiger partial charge in [-0.2, -0.15) is 4.37 Å². The lowest BCUT2D eigenvalue weighted by atomic mass is 10.1. The van der Waals surface area contributed by atoms with Crippen LogP contribution in [-0.4, -0.2) is 42.1 Å². The Hall–Kier alpha value is -5.35. The van der Waals surface area contributed by atoms with Crippen molar-refractivity contribution in [3.63, 3.8) is 0 Å². The van der Waals surface area contributed by atoms with Crippen molar-refractivity contribution in [3.05, 3.63) is 90.4 Å². The van der Waals surface area contributed by atoms with E-state index in [1.165, 1.54) is 20.4 Å². The van der Waals surface area contributed by atoms with Gasteiger partial charge in [0.25, 0.3) is 10.0 Å². The highest BCUT2D eigenvalue weighted by Crippen LogP contribution is 2.37. The van der Waals surface area contributed by atoms with Gasteiger partial charge in [0.15, 0.2) is 23.0 Å². The molecule has 0 atom stereocenters. The lowest BCUT2D eigenvalue weighted by Crippen LogP contribution is -2.31. The van der Waals surface area contributed by atoms with Crippen LogP contribution in [0.2, 0.25) is 0 Å². The second kappa shape index (κ2) is 12.0. The SMILES string of the molecule is COc1ccc(CN(c2ncns2)S(=O)(=O)c2cc(F)c(Oc3ncccc3-c3ccc4onc(N)c4c3)cc2F)c(OC)c1. The summed E-state index contributed by atoms with van der Waals surface area (Å²) in [5.41, 5.74) is 7.76. The summed E-state index contributed by atoms with van der Waals surface area (Å²) in [4.78, 5) is 7.24. The largest absolute Gasteiger partial charge is 0.497 e. The number of nitrogen functional groups attached to an aromatic ring is 1. The maximum atomic E-state index is 15.6. The molecule has 0 aliphatic rings. The zero-order valence-electron chi connectivity index (χ0n) is 23.5. The van der Waals surface area contributed by atoms with E-state index in [4.69, 9.17) is 24.5 Å². The molecule has 2 N–H and O–H groups in total. The molecule has 3 heterocycles. The molecule has 0 amide bonds. The van der Waals surface area contributed by atoms with Crippen molar-refractivity contribution in [2.45, 2.75) is 11.4 Å². The van der Waals surface area contributed by atoms with Gasteiger partial charge in [-0.1, -0.05) is 11.2 Å². The smallest absolute Gasteiger partial charge is 0.269 e. The summed E-state index contributed by atoms with van der Waals surface area (Å²) in [5, 5.41) is 4.20. The highest BCUT2D eigenvalue weighted by atomic mass is 32.2. The molecule has 6 rings (SSSR count). The first kappa shape index (κ1) is 29.7. The van der Waals surface area contributed by atoms with E-state index in [2.05, 4.69) is 19.5 Å². The van der Waals surface area contributed by atoms with Crippen LogP contribution in [0.25, 0.3) is 22.1 Å². The lowest BCUT2D eigenvalue weighted by molar-refractivity contribution is 0.391. The minimum absolute atomic E-state index is 0.0668. The normalized spacial score (nSPS) is 11.5. The van der Waals surface area contributed by atoms with Crippen LogP contribution in [0.3, 0.4) is 0 Å². The Kier molecular flexibility index (Phi) is 7.90. The van der Waals surface area contributed by atoms with Crippen molar-refractivity contribution in [2.75, 3.05) is 24.3 Å². The summed E-state index contributed by atoms with van der Waals surface area (Å²) < 4.78 is 85.1. The summed E-state index contributed by atoms with van der Waals surface area (Å²) in [6, 6.07) is 14.3. The molecule has 12 nitrogen and oxygen atoms in total. The van der Waals surface area contributed by atoms with E-state index in [9.17, 15) is 8.42 Å². The zero-order chi connectivity index (χ0) is 31.7. The summed E-state index contributed by atoms with van der Waals surface area (Å²) >= 11 is 0.763. The second-order valence-electron chi connectivity index (χ2n) is 9.36. The van der Waals surface area contributed by atoms with Gasteiger partial charge in [-0.25, -0.2) is 31.5 Å². The summed E-state index contributed by atoms with van der Waals surface area (Å²) in [5.74, 6) is -2.10. The first-order chi connectivity index (χ1) is 21.7.